The van der Waals surface area contributed by atoms with E-state index in [0.29, 0.717) is 23.7 Å². The first-order chi connectivity index (χ1) is 16.3. The summed E-state index contributed by atoms with van der Waals surface area (Å²) in [6, 6.07) is 14.0. The van der Waals surface area contributed by atoms with Crippen LogP contribution in [0.15, 0.2) is 42.5 Å². The smallest absolute Gasteiger partial charge is 0.219 e. The van der Waals surface area contributed by atoms with Crippen LogP contribution in [-0.4, -0.2) is 44.7 Å². The number of hydrogen-bond donors (Lipinski definition) is 1. The van der Waals surface area contributed by atoms with Crippen LogP contribution in [0.3, 0.4) is 0 Å². The van der Waals surface area contributed by atoms with Gasteiger partial charge in [-0.05, 0) is 66.6 Å². The highest BCUT2D eigenvalue weighted by Gasteiger charge is 2.51. The van der Waals surface area contributed by atoms with Gasteiger partial charge in [-0.1, -0.05) is 43.1 Å². The van der Waals surface area contributed by atoms with Crippen molar-refractivity contribution in [3.05, 3.63) is 64.2 Å². The fraction of sp³-hybridized carbons (Fsp3) is 0.500. The molecule has 0 bridgehead atoms. The van der Waals surface area contributed by atoms with Crippen LogP contribution in [-0.2, 0) is 26.7 Å². The molecule has 2 aromatic rings. The van der Waals surface area contributed by atoms with Crippen molar-refractivity contribution < 1.29 is 17.9 Å². The minimum Gasteiger partial charge on any atom is -0.492 e. The van der Waals surface area contributed by atoms with Gasteiger partial charge in [0.2, 0.25) is 15.9 Å². The first-order valence-electron chi connectivity index (χ1n) is 12.0. The van der Waals surface area contributed by atoms with Crippen molar-refractivity contribution in [2.24, 2.45) is 0 Å². The lowest BCUT2D eigenvalue weighted by atomic mass is 9.57. The molecule has 34 heavy (non-hydrogen) atoms. The van der Waals surface area contributed by atoms with E-state index < -0.39 is 10.0 Å². The van der Waals surface area contributed by atoms with Gasteiger partial charge in [0, 0.05) is 30.5 Å². The number of nitrogens with one attached hydrogen (secondary N) is 1. The lowest BCUT2D eigenvalue weighted by molar-refractivity contribution is -0.134. The summed E-state index contributed by atoms with van der Waals surface area (Å²) in [5.41, 5.74) is 3.42. The first-order valence-corrected chi connectivity index (χ1v) is 14.0. The van der Waals surface area contributed by atoms with E-state index in [1.165, 1.54) is 11.1 Å². The third-order valence-electron chi connectivity index (χ3n) is 7.10. The maximum atomic E-state index is 12.7. The van der Waals surface area contributed by atoms with Crippen molar-refractivity contribution in [3.8, 4) is 5.75 Å². The van der Waals surface area contributed by atoms with Gasteiger partial charge in [0.25, 0.3) is 0 Å². The van der Waals surface area contributed by atoms with Gasteiger partial charge in [-0.25, -0.2) is 13.1 Å². The molecule has 1 saturated carbocycles. The Labute approximate surface area is 207 Å². The Kier molecular flexibility index (Phi) is 7.55. The van der Waals surface area contributed by atoms with Gasteiger partial charge in [0.05, 0.1) is 11.8 Å². The van der Waals surface area contributed by atoms with Crippen molar-refractivity contribution in [2.75, 3.05) is 25.4 Å². The van der Waals surface area contributed by atoms with Gasteiger partial charge in [0.15, 0.2) is 0 Å². The van der Waals surface area contributed by atoms with Crippen LogP contribution >= 0.6 is 11.6 Å². The minimum atomic E-state index is -3.26. The third-order valence-corrected chi connectivity index (χ3v) is 8.95. The third kappa shape index (κ3) is 5.11. The van der Waals surface area contributed by atoms with Gasteiger partial charge in [-0.3, -0.25) is 4.79 Å². The summed E-state index contributed by atoms with van der Waals surface area (Å²) in [5.74, 6) is 0.878. The molecule has 1 amide bonds. The molecule has 0 saturated heterocycles. The number of amides is 1. The van der Waals surface area contributed by atoms with E-state index in [0.717, 1.165) is 31.2 Å². The van der Waals surface area contributed by atoms with E-state index in [1.54, 1.807) is 6.92 Å². The zero-order valence-corrected chi connectivity index (χ0v) is 21.4. The molecule has 0 spiro atoms. The summed E-state index contributed by atoms with van der Waals surface area (Å²) < 4.78 is 32.2. The largest absolute Gasteiger partial charge is 0.492 e. The van der Waals surface area contributed by atoms with Gasteiger partial charge >= 0.3 is 0 Å². The lowest BCUT2D eigenvalue weighted by Crippen LogP contribution is -2.52. The number of ether oxygens (including phenoxy) is 1. The second kappa shape index (κ2) is 10.3. The standard InChI is InChI=1S/C26H33ClN2O4S/c1-3-17-34(31,32)28-14-16-33-23-10-5-20-11-15-29(19(2)30)25(24(20)18-23)26(12-4-13-26)21-6-8-22(27)9-7-21/h5-10,18,25,28H,3-4,11-17H2,1-2H3. The molecule has 1 fully saturated rings. The molecule has 184 valence electrons. The molecule has 6 nitrogen and oxygen atoms in total. The van der Waals surface area contributed by atoms with E-state index in [1.807, 2.05) is 36.1 Å². The number of benzene rings is 2. The van der Waals surface area contributed by atoms with Crippen molar-refractivity contribution in [2.45, 2.75) is 57.4 Å². The SMILES string of the molecule is CCCS(=O)(=O)NCCOc1ccc2c(c1)C(C1(c3ccc(Cl)cc3)CCC1)N(C(C)=O)CC2. The molecule has 0 radical (unpaired) electrons. The predicted molar refractivity (Wildman–Crippen MR) is 135 cm³/mol. The van der Waals surface area contributed by atoms with E-state index in [4.69, 9.17) is 16.3 Å². The second-order valence-corrected chi connectivity index (χ2v) is 11.7. The number of carbonyl (C=O) groups is 1. The molecular formula is C26H33ClN2O4S. The molecular weight excluding hydrogens is 472 g/mol. The summed E-state index contributed by atoms with van der Waals surface area (Å²) in [4.78, 5) is 14.8. The van der Waals surface area contributed by atoms with Crippen LogP contribution < -0.4 is 9.46 Å². The number of carbonyl (C=O) groups excluding carboxylic acids is 1. The van der Waals surface area contributed by atoms with Crippen LogP contribution in [0.5, 0.6) is 5.75 Å². The van der Waals surface area contributed by atoms with E-state index >= 15 is 0 Å². The monoisotopic (exact) mass is 504 g/mol. The lowest BCUT2D eigenvalue weighted by Gasteiger charge is -2.54. The molecule has 0 aromatic heterocycles. The summed E-state index contributed by atoms with van der Waals surface area (Å²) in [7, 11) is -3.26. The van der Waals surface area contributed by atoms with E-state index in [9.17, 15) is 13.2 Å². The van der Waals surface area contributed by atoms with E-state index in [-0.39, 0.29) is 36.3 Å². The highest BCUT2D eigenvalue weighted by atomic mass is 35.5. The summed E-state index contributed by atoms with van der Waals surface area (Å²) in [6.07, 6.45) is 4.51. The minimum absolute atomic E-state index is 0.0738. The van der Waals surface area contributed by atoms with Crippen molar-refractivity contribution >= 4 is 27.5 Å². The van der Waals surface area contributed by atoms with Crippen molar-refractivity contribution in [1.29, 1.82) is 0 Å². The summed E-state index contributed by atoms with van der Waals surface area (Å²) in [6.45, 7) is 4.64. The molecule has 1 atom stereocenters. The molecule has 2 aromatic carbocycles. The predicted octanol–water partition coefficient (Wildman–Crippen LogP) is 4.62. The Bertz CT molecular complexity index is 1130. The van der Waals surface area contributed by atoms with E-state index in [2.05, 4.69) is 22.9 Å². The van der Waals surface area contributed by atoms with Gasteiger partial charge in [0.1, 0.15) is 12.4 Å². The number of sulfonamides is 1. The number of rotatable bonds is 9. The van der Waals surface area contributed by atoms with Crippen molar-refractivity contribution in [3.63, 3.8) is 0 Å². The average Bonchev–Trinajstić information content (AvgIpc) is 2.77. The fourth-order valence-corrected chi connectivity index (χ4v) is 6.59. The topological polar surface area (TPSA) is 75.7 Å². The van der Waals surface area contributed by atoms with Gasteiger partial charge in [-0.2, -0.15) is 0 Å². The number of nitrogens with zero attached hydrogens (tertiary/aromatic N) is 1. The van der Waals surface area contributed by atoms with Gasteiger partial charge in [-0.15, -0.1) is 0 Å². The number of hydrogen-bond acceptors (Lipinski definition) is 4. The summed E-state index contributed by atoms with van der Waals surface area (Å²) in [5, 5.41) is 0.705. The molecule has 1 heterocycles. The van der Waals surface area contributed by atoms with Crippen LogP contribution in [0.1, 0.15) is 62.3 Å². The fourth-order valence-electron chi connectivity index (χ4n) is 5.38. The molecule has 8 heteroatoms. The normalized spacial score (nSPS) is 19.3. The molecule has 1 unspecified atom stereocenters. The maximum absolute atomic E-state index is 12.7. The quantitative estimate of drug-likeness (QED) is 0.506. The van der Waals surface area contributed by atoms with Crippen LogP contribution in [0.4, 0.5) is 0 Å². The second-order valence-electron chi connectivity index (χ2n) is 9.30. The van der Waals surface area contributed by atoms with Gasteiger partial charge < -0.3 is 9.64 Å². The Morgan fingerprint density at radius 1 is 1.21 bits per heavy atom. The van der Waals surface area contributed by atoms with Crippen LogP contribution in [0.2, 0.25) is 5.02 Å². The Morgan fingerprint density at radius 2 is 1.94 bits per heavy atom. The first kappa shape index (κ1) is 25.0. The zero-order valence-electron chi connectivity index (χ0n) is 19.8. The Morgan fingerprint density at radius 3 is 2.56 bits per heavy atom. The van der Waals surface area contributed by atoms with Crippen LogP contribution in [0, 0.1) is 0 Å². The Balaban J connectivity index is 1.61. The maximum Gasteiger partial charge on any atom is 0.219 e. The highest BCUT2D eigenvalue weighted by Crippen LogP contribution is 2.56. The summed E-state index contributed by atoms with van der Waals surface area (Å²) >= 11 is 6.17. The zero-order chi connectivity index (χ0) is 24.3. The van der Waals surface area contributed by atoms with Crippen LogP contribution in [0.25, 0.3) is 0 Å². The molecule has 4 rings (SSSR count). The number of fused-ring (bicyclic) bond motifs is 1. The molecule has 1 N–H and O–H groups in total. The average molecular weight is 505 g/mol. The Hall–Kier alpha value is -2.09. The molecule has 2 aliphatic rings. The van der Waals surface area contributed by atoms with Crippen molar-refractivity contribution in [1.82, 2.24) is 9.62 Å². The molecule has 1 aliphatic carbocycles. The molecule has 1 aliphatic heterocycles. The highest BCUT2D eigenvalue weighted by molar-refractivity contribution is 7.89. The number of halogens is 1.